The zero-order chi connectivity index (χ0) is 18.9. The second-order valence-corrected chi connectivity index (χ2v) is 8.97. The number of fused-ring (bicyclic) bond motifs is 3. The van der Waals surface area contributed by atoms with Crippen LogP contribution in [0.25, 0.3) is 21.9 Å². The Morgan fingerprint density at radius 3 is 2.89 bits per heavy atom. The highest BCUT2D eigenvalue weighted by atomic mass is 16.5. The van der Waals surface area contributed by atoms with E-state index in [1.807, 2.05) is 12.3 Å². The first-order valence-electron chi connectivity index (χ1n) is 10.2. The molecule has 28 heavy (non-hydrogen) atoms. The quantitative estimate of drug-likeness (QED) is 0.682. The highest BCUT2D eigenvalue weighted by Gasteiger charge is 2.57. The van der Waals surface area contributed by atoms with Crippen molar-refractivity contribution < 1.29 is 4.74 Å². The number of hydrogen-bond donors (Lipinski definition) is 2. The van der Waals surface area contributed by atoms with E-state index in [1.54, 1.807) is 6.20 Å². The normalized spacial score (nSPS) is 33.7. The molecule has 0 spiro atoms. The summed E-state index contributed by atoms with van der Waals surface area (Å²) in [6, 6.07) is 4.51. The minimum atomic E-state index is -0.0575. The van der Waals surface area contributed by atoms with E-state index in [0.717, 1.165) is 35.8 Å². The highest BCUT2D eigenvalue weighted by molar-refractivity contribution is 6.02. The number of ether oxygens (including phenoxy) is 1. The summed E-state index contributed by atoms with van der Waals surface area (Å²) in [6.07, 6.45) is 9.62. The highest BCUT2D eigenvalue weighted by Crippen LogP contribution is 2.61. The predicted octanol–water partition coefficient (Wildman–Crippen LogP) is 3.26. The van der Waals surface area contributed by atoms with Crippen molar-refractivity contribution in [1.29, 1.82) is 5.26 Å². The molecular weight excluding hydrogens is 354 g/mol. The molecule has 4 saturated carbocycles. The van der Waals surface area contributed by atoms with Crippen LogP contribution in [-0.4, -0.2) is 32.0 Å². The Morgan fingerprint density at radius 2 is 2.11 bits per heavy atom. The molecule has 0 aromatic carbocycles. The third kappa shape index (κ3) is 2.18. The summed E-state index contributed by atoms with van der Waals surface area (Å²) in [7, 11) is 0. The fourth-order valence-corrected chi connectivity index (χ4v) is 6.70. The lowest BCUT2D eigenvalue weighted by Gasteiger charge is -2.59. The Hall–Kier alpha value is -2.59. The van der Waals surface area contributed by atoms with E-state index >= 15 is 0 Å². The van der Waals surface area contributed by atoms with Gasteiger partial charge in [0.25, 0.3) is 5.56 Å². The number of nitrogens with zero attached hydrogens (tertiary/aromatic N) is 3. The number of H-pyrrole nitrogens is 2. The van der Waals surface area contributed by atoms with Gasteiger partial charge in [-0.2, -0.15) is 5.26 Å². The molecule has 0 amide bonds. The standard InChI is InChI=1S/C21H23N5O2/c22-3-1-5-28-21-8-12-6-13(9-21)17(14(7-12)10-21)26-18-15-2-4-23-19(15)24-11-16(18)20(27)25-26/h2,4,11-14,17H,1,5-10H2,(H,23,24)(H,25,27). The Labute approximate surface area is 161 Å². The van der Waals surface area contributed by atoms with Crippen molar-refractivity contribution in [1.82, 2.24) is 19.7 Å². The SMILES string of the molecule is N#CCCOC12CC3CC(C1)C(n1[nH]c(=O)c4cnc5[nH]ccc5c41)C(C3)C2. The van der Waals surface area contributed by atoms with Gasteiger partial charge in [0, 0.05) is 17.8 Å². The number of pyridine rings is 1. The molecule has 2 N–H and O–H groups in total. The first kappa shape index (κ1) is 16.4. The van der Waals surface area contributed by atoms with Gasteiger partial charge in [0.15, 0.2) is 0 Å². The summed E-state index contributed by atoms with van der Waals surface area (Å²) >= 11 is 0. The summed E-state index contributed by atoms with van der Waals surface area (Å²) in [5.74, 6) is 1.71. The minimum Gasteiger partial charge on any atom is -0.374 e. The number of aromatic amines is 2. The molecule has 4 bridgehead atoms. The maximum Gasteiger partial charge on any atom is 0.273 e. The molecule has 3 aromatic rings. The van der Waals surface area contributed by atoms with Crippen molar-refractivity contribution in [2.75, 3.05) is 6.61 Å². The van der Waals surface area contributed by atoms with Crippen LogP contribution in [0.2, 0.25) is 0 Å². The average molecular weight is 377 g/mol. The zero-order valence-corrected chi connectivity index (χ0v) is 15.6. The molecule has 2 atom stereocenters. The molecule has 7 nitrogen and oxygen atoms in total. The second-order valence-electron chi connectivity index (χ2n) is 8.97. The van der Waals surface area contributed by atoms with Crippen LogP contribution in [0.1, 0.15) is 44.6 Å². The topological polar surface area (TPSA) is 99.5 Å². The molecule has 0 radical (unpaired) electrons. The lowest BCUT2D eigenvalue weighted by molar-refractivity contribution is -0.179. The van der Waals surface area contributed by atoms with E-state index in [9.17, 15) is 4.79 Å². The third-order valence-corrected chi connectivity index (χ3v) is 7.35. The maximum atomic E-state index is 12.7. The molecule has 4 aliphatic rings. The average Bonchev–Trinajstić information content (AvgIpc) is 3.26. The number of nitriles is 1. The third-order valence-electron chi connectivity index (χ3n) is 7.35. The first-order chi connectivity index (χ1) is 13.7. The van der Waals surface area contributed by atoms with Crippen LogP contribution in [0.15, 0.2) is 23.3 Å². The summed E-state index contributed by atoms with van der Waals surface area (Å²) in [4.78, 5) is 20.2. The summed E-state index contributed by atoms with van der Waals surface area (Å²) < 4.78 is 8.46. The molecule has 2 unspecified atom stereocenters. The predicted molar refractivity (Wildman–Crippen MR) is 104 cm³/mol. The first-order valence-corrected chi connectivity index (χ1v) is 10.2. The van der Waals surface area contributed by atoms with Crippen molar-refractivity contribution in [2.45, 2.75) is 50.2 Å². The van der Waals surface area contributed by atoms with Crippen LogP contribution in [-0.2, 0) is 4.74 Å². The Bertz CT molecular complexity index is 1150. The van der Waals surface area contributed by atoms with E-state index in [2.05, 4.69) is 25.8 Å². The van der Waals surface area contributed by atoms with Gasteiger partial charge in [-0.25, -0.2) is 4.98 Å². The fraction of sp³-hybridized carbons (Fsp3) is 0.571. The molecule has 3 heterocycles. The molecule has 7 heteroatoms. The Balaban J connectivity index is 1.43. The van der Waals surface area contributed by atoms with Crippen molar-refractivity contribution >= 4 is 21.9 Å². The van der Waals surface area contributed by atoms with Gasteiger partial charge in [-0.05, 0) is 55.9 Å². The molecule has 4 fully saturated rings. The lowest BCUT2D eigenvalue weighted by Crippen LogP contribution is -2.56. The van der Waals surface area contributed by atoms with E-state index in [-0.39, 0.29) is 11.2 Å². The Morgan fingerprint density at radius 1 is 1.29 bits per heavy atom. The minimum absolute atomic E-state index is 0.0561. The molecule has 7 rings (SSSR count). The van der Waals surface area contributed by atoms with E-state index in [0.29, 0.717) is 42.2 Å². The van der Waals surface area contributed by atoms with Gasteiger partial charge < -0.3 is 9.72 Å². The van der Waals surface area contributed by atoms with Gasteiger partial charge in [0.1, 0.15) is 5.65 Å². The summed E-state index contributed by atoms with van der Waals surface area (Å²) in [5, 5.41) is 13.7. The number of nitrogens with one attached hydrogen (secondary N) is 2. The summed E-state index contributed by atoms with van der Waals surface area (Å²) in [6.45, 7) is 0.534. The molecule has 0 saturated heterocycles. The van der Waals surface area contributed by atoms with Crippen molar-refractivity contribution in [3.8, 4) is 6.07 Å². The zero-order valence-electron chi connectivity index (χ0n) is 15.6. The molecule has 3 aromatic heterocycles. The van der Waals surface area contributed by atoms with Crippen LogP contribution in [0.4, 0.5) is 0 Å². The smallest absolute Gasteiger partial charge is 0.273 e. The van der Waals surface area contributed by atoms with E-state index < -0.39 is 0 Å². The van der Waals surface area contributed by atoms with E-state index in [4.69, 9.17) is 10.00 Å². The second kappa shape index (κ2) is 5.71. The van der Waals surface area contributed by atoms with Crippen LogP contribution in [0.5, 0.6) is 0 Å². The number of rotatable bonds is 4. The molecule has 0 aliphatic heterocycles. The van der Waals surface area contributed by atoms with Crippen LogP contribution < -0.4 is 5.56 Å². The van der Waals surface area contributed by atoms with E-state index in [1.165, 1.54) is 12.8 Å². The number of aromatic nitrogens is 4. The van der Waals surface area contributed by atoms with Gasteiger partial charge in [-0.1, -0.05) is 0 Å². The molecular formula is C21H23N5O2. The van der Waals surface area contributed by atoms with Crippen LogP contribution >= 0.6 is 0 Å². The number of hydrogen-bond acceptors (Lipinski definition) is 4. The molecule has 144 valence electrons. The molecule has 4 aliphatic carbocycles. The fourth-order valence-electron chi connectivity index (χ4n) is 6.70. The summed E-state index contributed by atoms with van der Waals surface area (Å²) in [5.41, 5.74) is 1.69. The van der Waals surface area contributed by atoms with Gasteiger partial charge >= 0.3 is 0 Å². The largest absolute Gasteiger partial charge is 0.374 e. The van der Waals surface area contributed by atoms with Crippen molar-refractivity contribution in [3.63, 3.8) is 0 Å². The van der Waals surface area contributed by atoms with Gasteiger partial charge in [0.05, 0.1) is 41.6 Å². The van der Waals surface area contributed by atoms with Gasteiger partial charge in [-0.3, -0.25) is 14.6 Å². The van der Waals surface area contributed by atoms with Crippen LogP contribution in [0, 0.1) is 29.1 Å². The van der Waals surface area contributed by atoms with Crippen molar-refractivity contribution in [3.05, 3.63) is 28.8 Å². The monoisotopic (exact) mass is 377 g/mol. The lowest BCUT2D eigenvalue weighted by atomic mass is 9.52. The maximum absolute atomic E-state index is 12.7. The van der Waals surface area contributed by atoms with Crippen molar-refractivity contribution in [2.24, 2.45) is 17.8 Å². The van der Waals surface area contributed by atoms with Crippen LogP contribution in [0.3, 0.4) is 0 Å². The Kier molecular flexibility index (Phi) is 3.34. The van der Waals surface area contributed by atoms with Gasteiger partial charge in [0.2, 0.25) is 0 Å². The van der Waals surface area contributed by atoms with Gasteiger partial charge in [-0.15, -0.1) is 0 Å².